The quantitative estimate of drug-likeness (QED) is 0.226. The fourth-order valence-corrected chi connectivity index (χ4v) is 4.27. The number of rotatable bonds is 11. The molecule has 0 bridgehead atoms. The third-order valence-corrected chi connectivity index (χ3v) is 6.94. The van der Waals surface area contributed by atoms with Crippen molar-refractivity contribution >= 4 is 28.2 Å². The van der Waals surface area contributed by atoms with E-state index in [1.54, 1.807) is 0 Å². The van der Waals surface area contributed by atoms with Crippen LogP contribution in [0, 0.1) is 0 Å². The SMILES string of the molecule is O=C(CCC(F)(F)C(F)(F)C(F)(F)C(F)(F)C(F)(F)C(F)(F)C(F)(F)C(F)(F)F)SCC1COc2cscc2O1. The highest BCUT2D eigenvalue weighted by Crippen LogP contribution is 2.64. The summed E-state index contributed by atoms with van der Waals surface area (Å²) in [6.07, 6.45) is -13.4. The molecular formula is C18H11F17O3S2. The third-order valence-electron chi connectivity index (χ3n) is 5.17. The van der Waals surface area contributed by atoms with E-state index in [0.29, 0.717) is 5.75 Å². The Kier molecular flexibility index (Phi) is 8.96. The zero-order chi connectivity index (χ0) is 31.4. The molecule has 0 N–H and O–H groups in total. The number of carbonyl (C=O) groups excluding carboxylic acids is 1. The van der Waals surface area contributed by atoms with Gasteiger partial charge in [0.05, 0.1) is 0 Å². The Morgan fingerprint density at radius 2 is 1.18 bits per heavy atom. The molecule has 0 aliphatic carbocycles. The lowest BCUT2D eigenvalue weighted by molar-refractivity contribution is -0.461. The summed E-state index contributed by atoms with van der Waals surface area (Å²) in [7, 11) is 0. The number of halogens is 17. The lowest BCUT2D eigenvalue weighted by Crippen LogP contribution is -2.74. The van der Waals surface area contributed by atoms with Crippen LogP contribution in [0.1, 0.15) is 12.8 Å². The first-order chi connectivity index (χ1) is 17.7. The van der Waals surface area contributed by atoms with Crippen LogP contribution < -0.4 is 9.47 Å². The lowest BCUT2D eigenvalue weighted by atomic mass is 9.88. The molecule has 40 heavy (non-hydrogen) atoms. The molecule has 1 atom stereocenters. The second-order valence-electron chi connectivity index (χ2n) is 7.98. The molecule has 232 valence electrons. The average molecular weight is 662 g/mol. The molecule has 1 unspecified atom stereocenters. The molecule has 3 nitrogen and oxygen atoms in total. The summed E-state index contributed by atoms with van der Waals surface area (Å²) in [5.41, 5.74) is 0. The predicted octanol–water partition coefficient (Wildman–Crippen LogP) is 7.94. The topological polar surface area (TPSA) is 35.5 Å². The van der Waals surface area contributed by atoms with Gasteiger partial charge in [-0.1, -0.05) is 11.8 Å². The minimum absolute atomic E-state index is 0.0738. The van der Waals surface area contributed by atoms with Gasteiger partial charge in [0.1, 0.15) is 12.7 Å². The van der Waals surface area contributed by atoms with E-state index in [1.807, 2.05) is 0 Å². The maximum atomic E-state index is 13.9. The zero-order valence-electron chi connectivity index (χ0n) is 18.5. The largest absolute Gasteiger partial charge is 0.485 e. The van der Waals surface area contributed by atoms with Crippen molar-refractivity contribution in [3.05, 3.63) is 10.8 Å². The summed E-state index contributed by atoms with van der Waals surface area (Å²) < 4.78 is 236. The molecule has 2 heterocycles. The molecule has 1 aliphatic heterocycles. The molecule has 0 saturated heterocycles. The molecule has 0 amide bonds. The van der Waals surface area contributed by atoms with Gasteiger partial charge < -0.3 is 9.47 Å². The Morgan fingerprint density at radius 3 is 1.68 bits per heavy atom. The fraction of sp³-hybridized carbons (Fsp3) is 0.722. The highest BCUT2D eigenvalue weighted by Gasteiger charge is 2.95. The number of hydrogen-bond acceptors (Lipinski definition) is 5. The van der Waals surface area contributed by atoms with E-state index in [1.165, 1.54) is 10.8 Å². The molecule has 0 radical (unpaired) electrons. The molecule has 0 aromatic carbocycles. The van der Waals surface area contributed by atoms with Gasteiger partial charge in [0, 0.05) is 29.4 Å². The molecule has 0 spiro atoms. The molecule has 22 heteroatoms. The molecule has 1 aliphatic rings. The van der Waals surface area contributed by atoms with Crippen molar-refractivity contribution in [2.45, 2.75) is 66.6 Å². The lowest BCUT2D eigenvalue weighted by Gasteiger charge is -2.42. The van der Waals surface area contributed by atoms with Gasteiger partial charge in [0.15, 0.2) is 16.6 Å². The average Bonchev–Trinajstić information content (AvgIpc) is 3.27. The Bertz CT molecular complexity index is 1070. The van der Waals surface area contributed by atoms with Crippen LogP contribution in [0.5, 0.6) is 11.5 Å². The summed E-state index contributed by atoms with van der Waals surface area (Å²) >= 11 is 1.21. The van der Waals surface area contributed by atoms with Gasteiger partial charge in [-0.2, -0.15) is 74.6 Å². The zero-order valence-corrected chi connectivity index (χ0v) is 20.2. The number of alkyl halides is 17. The second-order valence-corrected chi connectivity index (χ2v) is 9.80. The maximum Gasteiger partial charge on any atom is 0.460 e. The highest BCUT2D eigenvalue weighted by molar-refractivity contribution is 8.13. The van der Waals surface area contributed by atoms with E-state index < -0.39 is 77.4 Å². The summed E-state index contributed by atoms with van der Waals surface area (Å²) in [5.74, 6) is -56.7. The minimum Gasteiger partial charge on any atom is -0.485 e. The van der Waals surface area contributed by atoms with E-state index in [2.05, 4.69) is 0 Å². The minimum atomic E-state index is -8.68. The number of thioether (sulfide) groups is 1. The van der Waals surface area contributed by atoms with Crippen LogP contribution in [0.2, 0.25) is 0 Å². The van der Waals surface area contributed by atoms with E-state index in [-0.39, 0.29) is 24.1 Å². The van der Waals surface area contributed by atoms with Crippen LogP contribution in [-0.2, 0) is 4.79 Å². The molecule has 0 fully saturated rings. The summed E-state index contributed by atoms with van der Waals surface area (Å²) in [6, 6.07) is 0. The van der Waals surface area contributed by atoms with Crippen molar-refractivity contribution in [3.8, 4) is 11.5 Å². The Morgan fingerprint density at radius 1 is 0.725 bits per heavy atom. The van der Waals surface area contributed by atoms with Crippen molar-refractivity contribution in [2.24, 2.45) is 0 Å². The monoisotopic (exact) mass is 662 g/mol. The summed E-state index contributed by atoms with van der Waals surface area (Å²) in [6.45, 7) is -0.203. The van der Waals surface area contributed by atoms with Gasteiger partial charge in [-0.05, 0) is 0 Å². The maximum absolute atomic E-state index is 13.9. The Hall–Kier alpha value is -1.87. The number of fused-ring (bicyclic) bond motifs is 1. The van der Waals surface area contributed by atoms with Crippen LogP contribution in [0.15, 0.2) is 10.8 Å². The van der Waals surface area contributed by atoms with E-state index >= 15 is 0 Å². The van der Waals surface area contributed by atoms with Crippen molar-refractivity contribution in [1.82, 2.24) is 0 Å². The van der Waals surface area contributed by atoms with E-state index in [0.717, 1.165) is 11.3 Å². The fourth-order valence-electron chi connectivity index (χ4n) is 2.81. The standard InChI is InChI=1S/C18H11F17O3S2/c19-11(20,2-1-10(36)40-4-7-3-37-8-5-39-6-9(8)38-7)12(21,22)13(23,24)14(25,26)15(27,28)16(29,30)17(31,32)18(33,34)35/h5-7H,1-4H2. The molecule has 1 aromatic rings. The highest BCUT2D eigenvalue weighted by atomic mass is 32.2. The number of hydrogen-bond donors (Lipinski definition) is 0. The van der Waals surface area contributed by atoms with E-state index in [4.69, 9.17) is 9.47 Å². The molecule has 2 rings (SSSR count). The van der Waals surface area contributed by atoms with Crippen molar-refractivity contribution in [2.75, 3.05) is 12.4 Å². The van der Waals surface area contributed by atoms with Gasteiger partial charge in [0.25, 0.3) is 0 Å². The number of carbonyl (C=O) groups is 1. The van der Waals surface area contributed by atoms with Gasteiger partial charge in [-0.3, -0.25) is 4.79 Å². The molecule has 0 saturated carbocycles. The van der Waals surface area contributed by atoms with Gasteiger partial charge in [-0.25, -0.2) is 0 Å². The van der Waals surface area contributed by atoms with Crippen molar-refractivity contribution in [3.63, 3.8) is 0 Å². The first-order valence-corrected chi connectivity index (χ1v) is 11.8. The summed E-state index contributed by atoms with van der Waals surface area (Å²) in [4.78, 5) is 11.7. The van der Waals surface area contributed by atoms with Crippen LogP contribution in [0.4, 0.5) is 74.6 Å². The Balaban J connectivity index is 2.18. The summed E-state index contributed by atoms with van der Waals surface area (Å²) in [5, 5.41) is 1.48. The van der Waals surface area contributed by atoms with Crippen LogP contribution >= 0.6 is 23.1 Å². The smallest absolute Gasteiger partial charge is 0.460 e. The number of ether oxygens (including phenoxy) is 2. The van der Waals surface area contributed by atoms with Gasteiger partial charge in [0.2, 0.25) is 0 Å². The molecular weight excluding hydrogens is 651 g/mol. The van der Waals surface area contributed by atoms with Gasteiger partial charge in [-0.15, -0.1) is 11.3 Å². The van der Waals surface area contributed by atoms with Crippen molar-refractivity contribution in [1.29, 1.82) is 0 Å². The number of thiophene rings is 1. The van der Waals surface area contributed by atoms with Crippen LogP contribution in [0.25, 0.3) is 0 Å². The Labute approximate surface area is 219 Å². The van der Waals surface area contributed by atoms with Gasteiger partial charge >= 0.3 is 47.6 Å². The van der Waals surface area contributed by atoms with E-state index in [9.17, 15) is 79.4 Å². The first kappa shape index (κ1) is 34.3. The first-order valence-electron chi connectivity index (χ1n) is 9.91. The normalized spacial score (nSPS) is 18.2. The third kappa shape index (κ3) is 5.37. The van der Waals surface area contributed by atoms with Crippen LogP contribution in [0.3, 0.4) is 0 Å². The van der Waals surface area contributed by atoms with Crippen molar-refractivity contribution < 1.29 is 88.9 Å². The molecule has 1 aromatic heterocycles. The predicted molar refractivity (Wildman–Crippen MR) is 102 cm³/mol. The van der Waals surface area contributed by atoms with Crippen LogP contribution in [-0.4, -0.2) is 71.2 Å². The second kappa shape index (κ2) is 10.4.